The highest BCUT2D eigenvalue weighted by Gasteiger charge is 2.17. The quantitative estimate of drug-likeness (QED) is 0.781. The van der Waals surface area contributed by atoms with E-state index in [1.807, 2.05) is 24.3 Å². The molecule has 0 aliphatic heterocycles. The summed E-state index contributed by atoms with van der Waals surface area (Å²) in [5.74, 6) is 1.62. The van der Waals surface area contributed by atoms with Crippen LogP contribution in [0.5, 0.6) is 5.75 Å². The first kappa shape index (κ1) is 14.5. The minimum Gasteiger partial charge on any atom is -0.496 e. The van der Waals surface area contributed by atoms with Crippen LogP contribution in [-0.4, -0.2) is 31.0 Å². The third kappa shape index (κ3) is 3.34. The Hall–Kier alpha value is -1.92. The van der Waals surface area contributed by atoms with Crippen molar-refractivity contribution in [2.45, 2.75) is 18.9 Å². The largest absolute Gasteiger partial charge is 0.496 e. The third-order valence-corrected chi connectivity index (χ3v) is 2.97. The van der Waals surface area contributed by atoms with Crippen LogP contribution in [-0.2, 0) is 4.74 Å². The minimum atomic E-state index is -0.277. The van der Waals surface area contributed by atoms with E-state index in [4.69, 9.17) is 19.7 Å². The van der Waals surface area contributed by atoms with Crippen LogP contribution >= 0.6 is 0 Å². The molecular formula is C14H19N3O3. The van der Waals surface area contributed by atoms with Gasteiger partial charge in [-0.3, -0.25) is 0 Å². The number of ether oxygens (including phenoxy) is 2. The lowest BCUT2D eigenvalue weighted by molar-refractivity contribution is 0.188. The Bertz CT molecular complexity index is 542. The first-order valence-corrected chi connectivity index (χ1v) is 6.47. The number of hydrogen-bond acceptors (Lipinski definition) is 6. The molecule has 1 atom stereocenters. The molecule has 0 saturated carbocycles. The van der Waals surface area contributed by atoms with Crippen LogP contribution in [0, 0.1) is 0 Å². The molecule has 1 aromatic carbocycles. The summed E-state index contributed by atoms with van der Waals surface area (Å²) in [7, 11) is 3.27. The molecule has 2 N–H and O–H groups in total. The number of rotatable bonds is 7. The molecule has 1 heterocycles. The van der Waals surface area contributed by atoms with E-state index in [1.54, 1.807) is 14.2 Å². The standard InChI is InChI=1S/C14H19N3O3/c1-18-9-5-7-11(15)14-16-13(17-20-14)10-6-3-4-8-12(10)19-2/h3-4,6,8,11H,5,7,9,15H2,1-2H3. The number of para-hydroxylation sites is 1. The van der Waals surface area contributed by atoms with Crippen LogP contribution in [0.4, 0.5) is 0 Å². The fourth-order valence-corrected chi connectivity index (χ4v) is 1.90. The van der Waals surface area contributed by atoms with Crippen molar-refractivity contribution in [1.29, 1.82) is 0 Å². The molecule has 0 aliphatic carbocycles. The Morgan fingerprint density at radius 2 is 2.10 bits per heavy atom. The SMILES string of the molecule is COCCCC(N)c1nc(-c2ccccc2OC)no1. The lowest BCUT2D eigenvalue weighted by atomic mass is 10.1. The van der Waals surface area contributed by atoms with Crippen molar-refractivity contribution in [2.75, 3.05) is 20.8 Å². The highest BCUT2D eigenvalue weighted by molar-refractivity contribution is 5.63. The average molecular weight is 277 g/mol. The predicted octanol–water partition coefficient (Wildman–Crippen LogP) is 2.17. The molecular weight excluding hydrogens is 258 g/mol. The second-order valence-corrected chi connectivity index (χ2v) is 4.40. The molecule has 108 valence electrons. The first-order valence-electron chi connectivity index (χ1n) is 6.47. The topological polar surface area (TPSA) is 83.4 Å². The molecule has 2 rings (SSSR count). The highest BCUT2D eigenvalue weighted by Crippen LogP contribution is 2.28. The van der Waals surface area contributed by atoms with Gasteiger partial charge in [0.1, 0.15) is 5.75 Å². The van der Waals surface area contributed by atoms with Crippen LogP contribution in [0.15, 0.2) is 28.8 Å². The molecule has 20 heavy (non-hydrogen) atoms. The van der Waals surface area contributed by atoms with Gasteiger partial charge >= 0.3 is 0 Å². The summed E-state index contributed by atoms with van der Waals surface area (Å²) in [5, 5.41) is 3.97. The van der Waals surface area contributed by atoms with E-state index in [0.29, 0.717) is 24.1 Å². The Morgan fingerprint density at radius 1 is 1.30 bits per heavy atom. The van der Waals surface area contributed by atoms with Crippen molar-refractivity contribution in [1.82, 2.24) is 10.1 Å². The molecule has 0 fully saturated rings. The maximum atomic E-state index is 6.01. The second-order valence-electron chi connectivity index (χ2n) is 4.40. The van der Waals surface area contributed by atoms with E-state index >= 15 is 0 Å². The van der Waals surface area contributed by atoms with Gasteiger partial charge in [-0.15, -0.1) is 0 Å². The lowest BCUT2D eigenvalue weighted by Crippen LogP contribution is -2.11. The molecule has 0 saturated heterocycles. The fraction of sp³-hybridized carbons (Fsp3) is 0.429. The predicted molar refractivity (Wildman–Crippen MR) is 74.3 cm³/mol. The van der Waals surface area contributed by atoms with Gasteiger partial charge in [-0.25, -0.2) is 0 Å². The highest BCUT2D eigenvalue weighted by atomic mass is 16.5. The summed E-state index contributed by atoms with van der Waals surface area (Å²) in [6.07, 6.45) is 1.59. The molecule has 0 radical (unpaired) electrons. The van der Waals surface area contributed by atoms with Crippen LogP contribution in [0.3, 0.4) is 0 Å². The summed E-state index contributed by atoms with van der Waals surface area (Å²) in [5.41, 5.74) is 6.80. The van der Waals surface area contributed by atoms with Gasteiger partial charge in [0, 0.05) is 13.7 Å². The zero-order valence-electron chi connectivity index (χ0n) is 11.7. The van der Waals surface area contributed by atoms with Gasteiger partial charge < -0.3 is 19.7 Å². The van der Waals surface area contributed by atoms with Crippen molar-refractivity contribution in [3.05, 3.63) is 30.2 Å². The van der Waals surface area contributed by atoms with Gasteiger partial charge in [0.2, 0.25) is 11.7 Å². The van der Waals surface area contributed by atoms with Gasteiger partial charge in [-0.2, -0.15) is 4.98 Å². The number of hydrogen-bond donors (Lipinski definition) is 1. The van der Waals surface area contributed by atoms with E-state index in [0.717, 1.165) is 18.4 Å². The van der Waals surface area contributed by atoms with Crippen LogP contribution in [0.1, 0.15) is 24.8 Å². The molecule has 1 aromatic heterocycles. The van der Waals surface area contributed by atoms with Crippen molar-refractivity contribution < 1.29 is 14.0 Å². The van der Waals surface area contributed by atoms with Gasteiger partial charge in [0.15, 0.2) is 0 Å². The van der Waals surface area contributed by atoms with Crippen LogP contribution in [0.25, 0.3) is 11.4 Å². The summed E-state index contributed by atoms with van der Waals surface area (Å²) in [4.78, 5) is 4.34. The van der Waals surface area contributed by atoms with Crippen LogP contribution in [0.2, 0.25) is 0 Å². The van der Waals surface area contributed by atoms with E-state index < -0.39 is 0 Å². The molecule has 0 spiro atoms. The zero-order chi connectivity index (χ0) is 14.4. The molecule has 0 bridgehead atoms. The van der Waals surface area contributed by atoms with E-state index in [-0.39, 0.29) is 6.04 Å². The molecule has 0 aliphatic rings. The summed E-state index contributed by atoms with van der Waals surface area (Å²) >= 11 is 0. The fourth-order valence-electron chi connectivity index (χ4n) is 1.90. The van der Waals surface area contributed by atoms with Crippen molar-refractivity contribution in [3.8, 4) is 17.1 Å². The zero-order valence-corrected chi connectivity index (χ0v) is 11.7. The normalized spacial score (nSPS) is 12.3. The summed E-state index contributed by atoms with van der Waals surface area (Å²) in [6, 6.07) is 7.24. The average Bonchev–Trinajstić information content (AvgIpc) is 2.97. The van der Waals surface area contributed by atoms with E-state index in [2.05, 4.69) is 10.1 Å². The maximum absolute atomic E-state index is 6.01. The van der Waals surface area contributed by atoms with Crippen LogP contribution < -0.4 is 10.5 Å². The van der Waals surface area contributed by atoms with Gasteiger partial charge in [-0.1, -0.05) is 17.3 Å². The number of nitrogens with zero attached hydrogens (tertiary/aromatic N) is 2. The van der Waals surface area contributed by atoms with Crippen molar-refractivity contribution in [2.24, 2.45) is 5.73 Å². The third-order valence-electron chi connectivity index (χ3n) is 2.97. The maximum Gasteiger partial charge on any atom is 0.243 e. The molecule has 0 amide bonds. The van der Waals surface area contributed by atoms with E-state index in [1.165, 1.54) is 0 Å². The van der Waals surface area contributed by atoms with Crippen molar-refractivity contribution in [3.63, 3.8) is 0 Å². The first-order chi connectivity index (χ1) is 9.76. The number of nitrogens with two attached hydrogens (primary N) is 1. The van der Waals surface area contributed by atoms with Gasteiger partial charge in [0.05, 0.1) is 18.7 Å². The Balaban J connectivity index is 2.12. The lowest BCUT2D eigenvalue weighted by Gasteiger charge is -2.05. The second kappa shape index (κ2) is 7.02. The summed E-state index contributed by atoms with van der Waals surface area (Å²) < 4.78 is 15.5. The number of methoxy groups -OCH3 is 2. The number of benzene rings is 1. The summed E-state index contributed by atoms with van der Waals surface area (Å²) in [6.45, 7) is 0.668. The molecule has 2 aromatic rings. The Labute approximate surface area is 117 Å². The van der Waals surface area contributed by atoms with E-state index in [9.17, 15) is 0 Å². The van der Waals surface area contributed by atoms with Gasteiger partial charge in [0.25, 0.3) is 0 Å². The molecule has 1 unspecified atom stereocenters. The Morgan fingerprint density at radius 3 is 2.85 bits per heavy atom. The number of aromatic nitrogens is 2. The van der Waals surface area contributed by atoms with Gasteiger partial charge in [-0.05, 0) is 25.0 Å². The van der Waals surface area contributed by atoms with Crippen molar-refractivity contribution >= 4 is 0 Å². The molecule has 6 nitrogen and oxygen atoms in total. The molecule has 6 heteroatoms. The smallest absolute Gasteiger partial charge is 0.243 e. The Kier molecular flexibility index (Phi) is 5.09. The monoisotopic (exact) mass is 277 g/mol. The minimum absolute atomic E-state index is 0.277.